The summed E-state index contributed by atoms with van der Waals surface area (Å²) in [5.74, 6) is 1.27. The maximum absolute atomic E-state index is 13.3. The first-order valence-corrected chi connectivity index (χ1v) is 13.4. The van der Waals surface area contributed by atoms with Crippen molar-refractivity contribution in [3.63, 3.8) is 0 Å². The molecule has 0 aliphatic heterocycles. The molecule has 10 heteroatoms. The molecule has 1 unspecified atom stereocenters. The summed E-state index contributed by atoms with van der Waals surface area (Å²) in [5.41, 5.74) is 4.24. The number of anilines is 1. The van der Waals surface area contributed by atoms with Gasteiger partial charge >= 0.3 is 12.1 Å². The molecule has 3 aromatic rings. The number of methoxy groups -OCH3 is 2. The van der Waals surface area contributed by atoms with Gasteiger partial charge in [-0.25, -0.2) is 9.59 Å². The standard InChI is InChI=1S/C32H40N4O6/c1-19-12-14-25(20(2)16-19)41-28-22(4)27(36(9)32(6,30(37)39-10)18-35(8)31(38)40-11)23(5)29(34-28)42-26-15-13-24(33-7)17-21(26)3/h12-17H,7,18H2,1-6,8-11H3. The van der Waals surface area contributed by atoms with Crippen LogP contribution in [0.3, 0.4) is 0 Å². The van der Waals surface area contributed by atoms with Crippen LogP contribution in [0.15, 0.2) is 41.4 Å². The van der Waals surface area contributed by atoms with Gasteiger partial charge in [0.05, 0.1) is 32.1 Å². The molecule has 0 N–H and O–H groups in total. The fourth-order valence-electron chi connectivity index (χ4n) is 4.87. The Balaban J connectivity index is 2.24. The van der Waals surface area contributed by atoms with Crippen molar-refractivity contribution < 1.29 is 28.5 Å². The summed E-state index contributed by atoms with van der Waals surface area (Å²) < 4.78 is 22.8. The summed E-state index contributed by atoms with van der Waals surface area (Å²) in [6.07, 6.45) is -0.586. The van der Waals surface area contributed by atoms with Crippen molar-refractivity contribution in [2.45, 2.75) is 47.1 Å². The Morgan fingerprint density at radius 1 is 0.881 bits per heavy atom. The first kappa shape index (κ1) is 31.9. The van der Waals surface area contributed by atoms with Crippen molar-refractivity contribution in [2.24, 2.45) is 4.99 Å². The van der Waals surface area contributed by atoms with Crippen molar-refractivity contribution in [1.82, 2.24) is 9.88 Å². The first-order valence-electron chi connectivity index (χ1n) is 13.4. The van der Waals surface area contributed by atoms with Gasteiger partial charge in [0.2, 0.25) is 11.8 Å². The lowest BCUT2D eigenvalue weighted by Crippen LogP contribution is -2.59. The number of rotatable bonds is 10. The van der Waals surface area contributed by atoms with E-state index in [4.69, 9.17) is 23.9 Å². The molecule has 3 rings (SSSR count). The van der Waals surface area contributed by atoms with Gasteiger partial charge in [0.25, 0.3) is 0 Å². The molecule has 42 heavy (non-hydrogen) atoms. The molecule has 1 atom stereocenters. The molecule has 0 saturated carbocycles. The molecule has 0 fully saturated rings. The predicted octanol–water partition coefficient (Wildman–Crippen LogP) is 6.61. The third-order valence-corrected chi connectivity index (χ3v) is 7.37. The third kappa shape index (κ3) is 6.48. The zero-order valence-corrected chi connectivity index (χ0v) is 26.1. The summed E-state index contributed by atoms with van der Waals surface area (Å²) in [6, 6.07) is 11.4. The minimum atomic E-state index is -1.32. The van der Waals surface area contributed by atoms with Gasteiger partial charge in [0.1, 0.15) is 11.5 Å². The number of aromatic nitrogens is 1. The van der Waals surface area contributed by atoms with Crippen molar-refractivity contribution in [3.8, 4) is 23.3 Å². The number of carbonyl (C=O) groups excluding carboxylic acids is 2. The average molecular weight is 577 g/mol. The van der Waals surface area contributed by atoms with Gasteiger partial charge in [-0.2, -0.15) is 4.98 Å². The van der Waals surface area contributed by atoms with Crippen LogP contribution in [0.5, 0.6) is 23.3 Å². The Kier molecular flexibility index (Phi) is 9.83. The van der Waals surface area contributed by atoms with Crippen molar-refractivity contribution in [2.75, 3.05) is 39.8 Å². The van der Waals surface area contributed by atoms with Crippen LogP contribution in [0, 0.1) is 34.6 Å². The first-order chi connectivity index (χ1) is 19.8. The number of hydrogen-bond donors (Lipinski definition) is 0. The summed E-state index contributed by atoms with van der Waals surface area (Å²) in [7, 11) is 5.92. The van der Waals surface area contributed by atoms with E-state index >= 15 is 0 Å². The largest absolute Gasteiger partial charge is 0.467 e. The summed E-state index contributed by atoms with van der Waals surface area (Å²) >= 11 is 0. The van der Waals surface area contributed by atoms with E-state index in [2.05, 4.69) is 11.7 Å². The normalized spacial score (nSPS) is 12.1. The van der Waals surface area contributed by atoms with E-state index in [9.17, 15) is 9.59 Å². The zero-order chi connectivity index (χ0) is 31.4. The van der Waals surface area contributed by atoms with Gasteiger partial charge in [-0.15, -0.1) is 0 Å². The monoisotopic (exact) mass is 576 g/mol. The lowest BCUT2D eigenvalue weighted by atomic mass is 9.96. The smallest absolute Gasteiger partial charge is 0.409 e. The Morgan fingerprint density at radius 2 is 1.43 bits per heavy atom. The molecule has 0 saturated heterocycles. The molecule has 2 aromatic carbocycles. The molecule has 10 nitrogen and oxygen atoms in total. The van der Waals surface area contributed by atoms with Gasteiger partial charge in [-0.3, -0.25) is 4.99 Å². The highest BCUT2D eigenvalue weighted by atomic mass is 16.5. The molecule has 0 bridgehead atoms. The van der Waals surface area contributed by atoms with E-state index in [1.807, 2.05) is 58.9 Å². The van der Waals surface area contributed by atoms with Gasteiger partial charge in [-0.05, 0) is 83.7 Å². The van der Waals surface area contributed by atoms with Crippen LogP contribution >= 0.6 is 0 Å². The zero-order valence-electron chi connectivity index (χ0n) is 26.1. The molecule has 0 spiro atoms. The number of aliphatic imine (C=N–C) groups is 1. The SMILES string of the molecule is C=Nc1ccc(Oc2nc(Oc3ccc(C)cc3C)c(C)c(N(C)C(C)(CN(C)C(=O)OC)C(=O)OC)c2C)c(C)c1. The van der Waals surface area contributed by atoms with E-state index in [0.717, 1.165) is 22.4 Å². The minimum absolute atomic E-state index is 0.0252. The lowest BCUT2D eigenvalue weighted by Gasteiger charge is -2.41. The van der Waals surface area contributed by atoms with E-state index in [1.54, 1.807) is 38.1 Å². The molecule has 1 heterocycles. The Labute approximate surface area is 247 Å². The number of pyridine rings is 1. The molecular weight excluding hydrogens is 536 g/mol. The maximum atomic E-state index is 13.3. The lowest BCUT2D eigenvalue weighted by molar-refractivity contribution is -0.146. The molecule has 0 aliphatic rings. The number of nitrogens with zero attached hydrogens (tertiary/aromatic N) is 4. The molecule has 1 amide bonds. The molecule has 224 valence electrons. The van der Waals surface area contributed by atoms with Crippen LogP contribution in [0.25, 0.3) is 0 Å². The number of aryl methyl sites for hydroxylation is 3. The summed E-state index contributed by atoms with van der Waals surface area (Å²) in [6.45, 7) is 14.9. The van der Waals surface area contributed by atoms with E-state index < -0.39 is 17.6 Å². The van der Waals surface area contributed by atoms with Crippen LogP contribution in [-0.2, 0) is 14.3 Å². The molecular formula is C32H40N4O6. The number of esters is 1. The number of benzene rings is 2. The fraction of sp³-hybridized carbons (Fsp3) is 0.375. The summed E-state index contributed by atoms with van der Waals surface area (Å²) in [5, 5.41) is 0. The quantitative estimate of drug-likeness (QED) is 0.196. The highest BCUT2D eigenvalue weighted by Crippen LogP contribution is 2.42. The van der Waals surface area contributed by atoms with E-state index in [0.29, 0.717) is 34.2 Å². The van der Waals surface area contributed by atoms with Gasteiger partial charge in [0, 0.05) is 25.2 Å². The Morgan fingerprint density at radius 3 is 1.90 bits per heavy atom. The second-order valence-corrected chi connectivity index (χ2v) is 10.6. The second-order valence-electron chi connectivity index (χ2n) is 10.6. The highest BCUT2D eigenvalue weighted by Gasteiger charge is 2.43. The Bertz CT molecular complexity index is 1500. The second kappa shape index (κ2) is 12.9. The Hall–Kier alpha value is -4.60. The van der Waals surface area contributed by atoms with Gasteiger partial charge in [0.15, 0.2) is 5.54 Å². The van der Waals surface area contributed by atoms with Crippen LogP contribution < -0.4 is 14.4 Å². The molecule has 0 aliphatic carbocycles. The minimum Gasteiger partial charge on any atom is -0.467 e. The van der Waals surface area contributed by atoms with Gasteiger partial charge in [-0.1, -0.05) is 17.7 Å². The summed E-state index contributed by atoms with van der Waals surface area (Å²) in [4.78, 5) is 37.5. The number of carbonyl (C=O) groups is 2. The van der Waals surface area contributed by atoms with E-state index in [-0.39, 0.29) is 12.4 Å². The highest BCUT2D eigenvalue weighted by molar-refractivity contribution is 5.87. The number of ether oxygens (including phenoxy) is 4. The van der Waals surface area contributed by atoms with Crippen molar-refractivity contribution in [1.29, 1.82) is 0 Å². The number of amides is 1. The number of likely N-dealkylation sites (N-methyl/N-ethyl adjacent to an activating group) is 2. The maximum Gasteiger partial charge on any atom is 0.409 e. The van der Waals surface area contributed by atoms with Gasteiger partial charge < -0.3 is 28.7 Å². The van der Waals surface area contributed by atoms with E-state index in [1.165, 1.54) is 19.1 Å². The van der Waals surface area contributed by atoms with Crippen molar-refractivity contribution in [3.05, 3.63) is 64.2 Å². The predicted molar refractivity (Wildman–Crippen MR) is 164 cm³/mol. The van der Waals surface area contributed by atoms with Crippen LogP contribution in [-0.4, -0.2) is 69.1 Å². The van der Waals surface area contributed by atoms with Crippen LogP contribution in [0.4, 0.5) is 16.2 Å². The third-order valence-electron chi connectivity index (χ3n) is 7.37. The fourth-order valence-corrected chi connectivity index (χ4v) is 4.87. The molecule has 0 radical (unpaired) electrons. The average Bonchev–Trinajstić information content (AvgIpc) is 2.96. The topological polar surface area (TPSA) is 103 Å². The van der Waals surface area contributed by atoms with Crippen LogP contribution in [0.2, 0.25) is 0 Å². The molecule has 1 aromatic heterocycles. The van der Waals surface area contributed by atoms with Crippen molar-refractivity contribution >= 4 is 30.2 Å². The number of hydrogen-bond acceptors (Lipinski definition) is 9. The van der Waals surface area contributed by atoms with Crippen LogP contribution in [0.1, 0.15) is 34.7 Å².